The van der Waals surface area contributed by atoms with Gasteiger partial charge >= 0.3 is 0 Å². The van der Waals surface area contributed by atoms with E-state index < -0.39 is 0 Å². The number of carbonyl (C=O) groups excluding carboxylic acids is 1. The molecule has 0 aromatic heterocycles. The number of carbonyl (C=O) groups is 1. The minimum absolute atomic E-state index is 0.124. The van der Waals surface area contributed by atoms with Crippen molar-refractivity contribution in [1.82, 2.24) is 5.32 Å². The van der Waals surface area contributed by atoms with Crippen molar-refractivity contribution in [2.45, 2.75) is 0 Å². The highest BCUT2D eigenvalue weighted by Crippen LogP contribution is 2.20. The van der Waals surface area contributed by atoms with Crippen molar-refractivity contribution in [3.8, 4) is 5.75 Å². The quantitative estimate of drug-likeness (QED) is 0.699. The lowest BCUT2D eigenvalue weighted by atomic mass is 10.1. The fraction of sp³-hybridized carbons (Fsp3) is 0.0526. The van der Waals surface area contributed by atoms with Crippen molar-refractivity contribution in [3.05, 3.63) is 72.5 Å². The second-order valence-corrected chi connectivity index (χ2v) is 5.72. The molecule has 0 aliphatic carbocycles. The summed E-state index contributed by atoms with van der Waals surface area (Å²) in [6.45, 7) is -0.163. The van der Waals surface area contributed by atoms with Gasteiger partial charge in [-0.25, -0.2) is 4.39 Å². The maximum Gasteiger partial charge on any atom is 0.264 e. The van der Waals surface area contributed by atoms with Gasteiger partial charge in [0.15, 0.2) is 11.7 Å². The maximum absolute atomic E-state index is 12.8. The Morgan fingerprint density at radius 3 is 2.48 bits per heavy atom. The summed E-state index contributed by atoms with van der Waals surface area (Å²) >= 11 is 5.05. The molecule has 0 aliphatic heterocycles. The molecule has 126 valence electrons. The molecule has 0 heterocycles. The zero-order valence-electron chi connectivity index (χ0n) is 13.2. The molecule has 0 bridgehead atoms. The minimum Gasteiger partial charge on any atom is -0.484 e. The van der Waals surface area contributed by atoms with Crippen molar-refractivity contribution in [1.29, 1.82) is 0 Å². The van der Waals surface area contributed by atoms with Crippen LogP contribution >= 0.6 is 12.2 Å². The van der Waals surface area contributed by atoms with Gasteiger partial charge in [0.2, 0.25) is 0 Å². The van der Waals surface area contributed by atoms with E-state index in [1.807, 2.05) is 42.5 Å². The molecule has 3 aromatic carbocycles. The summed E-state index contributed by atoms with van der Waals surface area (Å²) in [5, 5.41) is 7.57. The summed E-state index contributed by atoms with van der Waals surface area (Å²) in [5.41, 5.74) is 0.585. The summed E-state index contributed by atoms with van der Waals surface area (Å²) in [6.07, 6.45) is 0. The first-order valence-corrected chi connectivity index (χ1v) is 7.99. The summed E-state index contributed by atoms with van der Waals surface area (Å²) < 4.78 is 18.3. The van der Waals surface area contributed by atoms with Crippen LogP contribution in [-0.2, 0) is 4.79 Å². The van der Waals surface area contributed by atoms with Crippen molar-refractivity contribution < 1.29 is 13.9 Å². The Bertz CT molecular complexity index is 913. The third-order valence-corrected chi connectivity index (χ3v) is 3.65. The first kappa shape index (κ1) is 16.9. The van der Waals surface area contributed by atoms with E-state index in [9.17, 15) is 9.18 Å². The molecule has 25 heavy (non-hydrogen) atoms. The van der Waals surface area contributed by atoms with E-state index in [2.05, 4.69) is 10.6 Å². The predicted molar refractivity (Wildman–Crippen MR) is 100 cm³/mol. The number of nitrogens with one attached hydrogen (secondary N) is 2. The Morgan fingerprint density at radius 1 is 1.00 bits per heavy atom. The lowest BCUT2D eigenvalue weighted by Crippen LogP contribution is -2.37. The van der Waals surface area contributed by atoms with Crippen molar-refractivity contribution in [2.75, 3.05) is 11.9 Å². The number of fused-ring (bicyclic) bond motifs is 1. The van der Waals surface area contributed by atoms with Crippen LogP contribution in [0.2, 0.25) is 0 Å². The second-order valence-electron chi connectivity index (χ2n) is 5.31. The first-order valence-electron chi connectivity index (χ1n) is 7.58. The number of hydrogen-bond acceptors (Lipinski definition) is 3. The van der Waals surface area contributed by atoms with Gasteiger partial charge in [0.25, 0.3) is 5.91 Å². The number of rotatable bonds is 4. The summed E-state index contributed by atoms with van der Waals surface area (Å²) in [4.78, 5) is 11.9. The van der Waals surface area contributed by atoms with Gasteiger partial charge in [0.05, 0.1) is 0 Å². The van der Waals surface area contributed by atoms with E-state index in [0.717, 1.165) is 10.8 Å². The number of benzene rings is 3. The van der Waals surface area contributed by atoms with Crippen LogP contribution in [0.1, 0.15) is 0 Å². The SMILES string of the molecule is O=C(COc1ccc2ccccc2c1)NC(=S)Nc1ccc(F)cc1. The molecule has 4 nitrogen and oxygen atoms in total. The van der Waals surface area contributed by atoms with E-state index in [-0.39, 0.29) is 23.4 Å². The van der Waals surface area contributed by atoms with Gasteiger partial charge in [-0.2, -0.15) is 0 Å². The number of thiocarbonyl (C=S) groups is 1. The topological polar surface area (TPSA) is 50.4 Å². The fourth-order valence-corrected chi connectivity index (χ4v) is 2.50. The number of amides is 1. The molecule has 2 N–H and O–H groups in total. The molecule has 0 radical (unpaired) electrons. The largest absolute Gasteiger partial charge is 0.484 e. The fourth-order valence-electron chi connectivity index (χ4n) is 2.26. The average molecular weight is 354 g/mol. The number of anilines is 1. The van der Waals surface area contributed by atoms with E-state index >= 15 is 0 Å². The molecule has 0 atom stereocenters. The van der Waals surface area contributed by atoms with Gasteiger partial charge in [-0.3, -0.25) is 10.1 Å². The predicted octanol–water partition coefficient (Wildman–Crippen LogP) is 3.87. The zero-order valence-corrected chi connectivity index (χ0v) is 14.0. The Kier molecular flexibility index (Phi) is 5.20. The highest BCUT2D eigenvalue weighted by Gasteiger charge is 2.06. The molecule has 6 heteroatoms. The normalized spacial score (nSPS) is 10.3. The monoisotopic (exact) mass is 354 g/mol. The highest BCUT2D eigenvalue weighted by molar-refractivity contribution is 7.80. The molecule has 3 aromatic rings. The standard InChI is InChI=1S/C19H15FN2O2S/c20-15-6-8-16(9-7-15)21-19(25)22-18(23)12-24-17-10-5-13-3-1-2-4-14(13)11-17/h1-11H,12H2,(H2,21,22,23,25). The van der Waals surface area contributed by atoms with E-state index in [0.29, 0.717) is 11.4 Å². The lowest BCUT2D eigenvalue weighted by molar-refractivity contribution is -0.121. The van der Waals surface area contributed by atoms with Gasteiger partial charge < -0.3 is 10.1 Å². The van der Waals surface area contributed by atoms with Crippen LogP contribution in [0.25, 0.3) is 10.8 Å². The van der Waals surface area contributed by atoms with Crippen LogP contribution in [-0.4, -0.2) is 17.6 Å². The zero-order chi connectivity index (χ0) is 17.6. The Labute approximate surface area is 149 Å². The van der Waals surface area contributed by atoms with Crippen molar-refractivity contribution >= 4 is 39.7 Å². The van der Waals surface area contributed by atoms with E-state index in [1.165, 1.54) is 24.3 Å². The number of hydrogen-bond donors (Lipinski definition) is 2. The van der Waals surface area contributed by atoms with Crippen LogP contribution in [0.4, 0.5) is 10.1 Å². The van der Waals surface area contributed by atoms with Crippen LogP contribution in [0.15, 0.2) is 66.7 Å². The number of halogens is 1. The van der Waals surface area contributed by atoms with Gasteiger partial charge in [-0.1, -0.05) is 30.3 Å². The summed E-state index contributed by atoms with van der Waals surface area (Å²) in [5.74, 6) is -0.122. The van der Waals surface area contributed by atoms with E-state index in [1.54, 1.807) is 0 Å². The van der Waals surface area contributed by atoms with Crippen LogP contribution in [0.5, 0.6) is 5.75 Å². The van der Waals surface area contributed by atoms with Crippen LogP contribution in [0.3, 0.4) is 0 Å². The molecule has 0 saturated carbocycles. The maximum atomic E-state index is 12.8. The highest BCUT2D eigenvalue weighted by atomic mass is 32.1. The summed E-state index contributed by atoms with van der Waals surface area (Å²) in [6, 6.07) is 19.2. The Hall–Kier alpha value is -2.99. The van der Waals surface area contributed by atoms with Crippen molar-refractivity contribution in [2.24, 2.45) is 0 Å². The molecular formula is C19H15FN2O2S. The molecule has 0 saturated heterocycles. The Balaban J connectivity index is 1.51. The average Bonchev–Trinajstić information content (AvgIpc) is 2.61. The molecular weight excluding hydrogens is 339 g/mol. The second kappa shape index (κ2) is 7.72. The van der Waals surface area contributed by atoms with Gasteiger partial charge in [-0.15, -0.1) is 0 Å². The summed E-state index contributed by atoms with van der Waals surface area (Å²) in [7, 11) is 0. The van der Waals surface area contributed by atoms with Crippen LogP contribution < -0.4 is 15.4 Å². The first-order chi connectivity index (χ1) is 12.1. The third-order valence-electron chi connectivity index (χ3n) is 3.45. The lowest BCUT2D eigenvalue weighted by Gasteiger charge is -2.10. The molecule has 0 unspecified atom stereocenters. The van der Waals surface area contributed by atoms with E-state index in [4.69, 9.17) is 17.0 Å². The Morgan fingerprint density at radius 2 is 1.72 bits per heavy atom. The van der Waals surface area contributed by atoms with Crippen molar-refractivity contribution in [3.63, 3.8) is 0 Å². The smallest absolute Gasteiger partial charge is 0.264 e. The molecule has 0 aliphatic rings. The minimum atomic E-state index is -0.382. The molecule has 0 fully saturated rings. The van der Waals surface area contributed by atoms with Gasteiger partial charge in [0, 0.05) is 5.69 Å². The third kappa shape index (κ3) is 4.74. The van der Waals surface area contributed by atoms with Gasteiger partial charge in [-0.05, 0) is 59.4 Å². The molecule has 0 spiro atoms. The van der Waals surface area contributed by atoms with Crippen LogP contribution in [0, 0.1) is 5.82 Å². The van der Waals surface area contributed by atoms with Gasteiger partial charge in [0.1, 0.15) is 11.6 Å². The molecule has 1 amide bonds. The number of ether oxygens (including phenoxy) is 1. The molecule has 3 rings (SSSR count).